The average Bonchev–Trinajstić information content (AvgIpc) is 2.57. The number of hydrogen-bond donors (Lipinski definition) is 3. The van der Waals surface area contributed by atoms with Gasteiger partial charge in [0.05, 0.1) is 17.9 Å². The molecule has 0 aliphatic rings. The topological polar surface area (TPSA) is 82.7 Å². The molecule has 0 saturated heterocycles. The number of ether oxygens (including phenoxy) is 1. The van der Waals surface area contributed by atoms with Crippen LogP contribution in [0.25, 0.3) is 0 Å². The van der Waals surface area contributed by atoms with E-state index in [9.17, 15) is 9.59 Å². The molecule has 138 valence electrons. The van der Waals surface area contributed by atoms with Crippen LogP contribution in [0.5, 0.6) is 0 Å². The van der Waals surface area contributed by atoms with Gasteiger partial charge in [-0.05, 0) is 31.3 Å². The molecule has 9 heteroatoms. The first-order valence-electron chi connectivity index (χ1n) is 7.63. The molecule has 0 aliphatic heterocycles. The van der Waals surface area contributed by atoms with Crippen molar-refractivity contribution in [2.24, 2.45) is 0 Å². The van der Waals surface area contributed by atoms with E-state index in [-0.39, 0.29) is 23.6 Å². The Morgan fingerprint density at radius 1 is 1.28 bits per heavy atom. The first kappa shape index (κ1) is 21.2. The summed E-state index contributed by atoms with van der Waals surface area (Å²) < 4.78 is 5.01. The van der Waals surface area contributed by atoms with Gasteiger partial charge in [0.25, 0.3) is 5.91 Å². The van der Waals surface area contributed by atoms with Crippen LogP contribution in [0, 0.1) is 0 Å². The van der Waals surface area contributed by atoms with E-state index in [1.807, 2.05) is 13.0 Å². The van der Waals surface area contributed by atoms with E-state index in [2.05, 4.69) is 16.2 Å². The van der Waals surface area contributed by atoms with Gasteiger partial charge in [-0.3, -0.25) is 20.4 Å². The molecule has 0 bridgehead atoms. The Bertz CT molecular complexity index is 611. The van der Waals surface area contributed by atoms with Crippen LogP contribution in [0.2, 0.25) is 0 Å². The number of nitrogens with zero attached hydrogens (tertiary/aromatic N) is 1. The first-order chi connectivity index (χ1) is 11.8. The maximum atomic E-state index is 12.4. The number of nitrogens with one attached hydrogen (secondary N) is 3. The number of hydrazine groups is 1. The van der Waals surface area contributed by atoms with Gasteiger partial charge >= 0.3 is 0 Å². The Balaban J connectivity index is 2.60. The lowest BCUT2D eigenvalue weighted by Gasteiger charge is -2.17. The highest BCUT2D eigenvalue weighted by Crippen LogP contribution is 2.22. The Morgan fingerprint density at radius 3 is 2.60 bits per heavy atom. The average molecular weight is 385 g/mol. The quantitative estimate of drug-likeness (QED) is 0.368. The molecular formula is C16H24N4O3S2. The minimum atomic E-state index is -0.330. The zero-order valence-electron chi connectivity index (χ0n) is 14.8. The van der Waals surface area contributed by atoms with Crippen molar-refractivity contribution in [3.8, 4) is 0 Å². The number of thiocarbonyl (C=S) groups is 1. The predicted molar refractivity (Wildman–Crippen MR) is 104 cm³/mol. The van der Waals surface area contributed by atoms with Crippen LogP contribution in [0.4, 0.5) is 0 Å². The summed E-state index contributed by atoms with van der Waals surface area (Å²) in [6, 6.07) is 7.11. The predicted octanol–water partition coefficient (Wildman–Crippen LogP) is 1.01. The summed E-state index contributed by atoms with van der Waals surface area (Å²) in [5.74, 6) is -0.0843. The van der Waals surface area contributed by atoms with Gasteiger partial charge < -0.3 is 15.0 Å². The van der Waals surface area contributed by atoms with Crippen LogP contribution < -0.4 is 16.2 Å². The van der Waals surface area contributed by atoms with Gasteiger partial charge in [0.1, 0.15) is 0 Å². The Morgan fingerprint density at radius 2 is 1.96 bits per heavy atom. The molecule has 3 N–H and O–H groups in total. The number of thioether (sulfide) groups is 1. The first-order valence-corrected chi connectivity index (χ1v) is 9.02. The summed E-state index contributed by atoms with van der Waals surface area (Å²) in [5.41, 5.74) is 5.69. The zero-order chi connectivity index (χ0) is 18.8. The molecule has 2 amide bonds. The van der Waals surface area contributed by atoms with Crippen molar-refractivity contribution in [2.45, 2.75) is 17.9 Å². The van der Waals surface area contributed by atoms with Crippen LogP contribution >= 0.6 is 24.0 Å². The molecule has 1 aromatic rings. The Labute approximate surface area is 157 Å². The standard InChI is InChI=1S/C16H24N4O3S2/c1-11(9-23-4)17-16(24)19-18-15(22)12-7-5-6-8-13(12)25-10-14(21)20(2)3/h5-8,11H,9-10H2,1-4H3,(H,18,22)(H2,17,19,24)/t11-/m0/s1. The van der Waals surface area contributed by atoms with E-state index in [1.165, 1.54) is 16.7 Å². The molecule has 25 heavy (non-hydrogen) atoms. The van der Waals surface area contributed by atoms with Crippen LogP contribution in [-0.2, 0) is 9.53 Å². The zero-order valence-corrected chi connectivity index (χ0v) is 16.4. The van der Waals surface area contributed by atoms with Crippen molar-refractivity contribution in [2.75, 3.05) is 33.6 Å². The number of benzene rings is 1. The Kier molecular flexibility index (Phi) is 9.25. The lowest BCUT2D eigenvalue weighted by molar-refractivity contribution is -0.125. The number of methoxy groups -OCH3 is 1. The molecule has 7 nitrogen and oxygen atoms in total. The number of hydrogen-bond acceptors (Lipinski definition) is 5. The lowest BCUT2D eigenvalue weighted by atomic mass is 10.2. The summed E-state index contributed by atoms with van der Waals surface area (Å²) in [5, 5.41) is 3.28. The maximum Gasteiger partial charge on any atom is 0.270 e. The van der Waals surface area contributed by atoms with Gasteiger partial charge in [0, 0.05) is 32.1 Å². The molecule has 0 aliphatic carbocycles. The van der Waals surface area contributed by atoms with Crippen LogP contribution in [0.1, 0.15) is 17.3 Å². The van der Waals surface area contributed by atoms with Crippen molar-refractivity contribution in [1.29, 1.82) is 0 Å². The third-order valence-electron chi connectivity index (χ3n) is 3.07. The third kappa shape index (κ3) is 7.72. The summed E-state index contributed by atoms with van der Waals surface area (Å²) in [4.78, 5) is 26.3. The van der Waals surface area contributed by atoms with Crippen molar-refractivity contribution in [1.82, 2.24) is 21.1 Å². The molecule has 0 saturated carbocycles. The summed E-state index contributed by atoms with van der Waals surface area (Å²) in [6.07, 6.45) is 0. The van der Waals surface area contributed by atoms with Crippen molar-refractivity contribution >= 4 is 40.9 Å². The minimum Gasteiger partial charge on any atom is -0.383 e. The summed E-state index contributed by atoms with van der Waals surface area (Å²) in [6.45, 7) is 2.40. The van der Waals surface area contributed by atoms with E-state index in [0.29, 0.717) is 17.3 Å². The van der Waals surface area contributed by atoms with Crippen LogP contribution in [0.3, 0.4) is 0 Å². The molecule has 1 rings (SSSR count). The number of carbonyl (C=O) groups excluding carboxylic acids is 2. The molecule has 0 unspecified atom stereocenters. The highest BCUT2D eigenvalue weighted by atomic mass is 32.2. The number of carbonyl (C=O) groups is 2. The molecule has 0 fully saturated rings. The monoisotopic (exact) mass is 384 g/mol. The van der Waals surface area contributed by atoms with E-state index < -0.39 is 0 Å². The molecule has 0 aromatic heterocycles. The molecular weight excluding hydrogens is 360 g/mol. The fourth-order valence-electron chi connectivity index (χ4n) is 1.78. The highest BCUT2D eigenvalue weighted by molar-refractivity contribution is 8.00. The minimum absolute atomic E-state index is 0.0155. The SMILES string of the molecule is COC[C@H](C)NC(=S)NNC(=O)c1ccccc1SCC(=O)N(C)C. The van der Waals surface area contributed by atoms with Crippen LogP contribution in [0.15, 0.2) is 29.2 Å². The Hall–Kier alpha value is -1.84. The maximum absolute atomic E-state index is 12.4. The largest absolute Gasteiger partial charge is 0.383 e. The van der Waals surface area contributed by atoms with Crippen molar-refractivity contribution < 1.29 is 14.3 Å². The van der Waals surface area contributed by atoms with Gasteiger partial charge in [-0.2, -0.15) is 0 Å². The normalized spacial score (nSPS) is 11.4. The van der Waals surface area contributed by atoms with Gasteiger partial charge in [-0.25, -0.2) is 0 Å². The van der Waals surface area contributed by atoms with Gasteiger partial charge in [-0.1, -0.05) is 12.1 Å². The molecule has 0 spiro atoms. The molecule has 1 atom stereocenters. The fraction of sp³-hybridized carbons (Fsp3) is 0.438. The second-order valence-electron chi connectivity index (χ2n) is 5.48. The van der Waals surface area contributed by atoms with E-state index in [4.69, 9.17) is 17.0 Å². The smallest absolute Gasteiger partial charge is 0.270 e. The third-order valence-corrected chi connectivity index (χ3v) is 4.34. The summed E-state index contributed by atoms with van der Waals surface area (Å²) in [7, 11) is 5.00. The second kappa shape index (κ2) is 10.9. The van der Waals surface area contributed by atoms with E-state index in [1.54, 1.807) is 39.4 Å². The van der Waals surface area contributed by atoms with Gasteiger partial charge in [0.15, 0.2) is 5.11 Å². The van der Waals surface area contributed by atoms with Crippen molar-refractivity contribution in [3.63, 3.8) is 0 Å². The van der Waals surface area contributed by atoms with E-state index >= 15 is 0 Å². The number of amides is 2. The summed E-state index contributed by atoms with van der Waals surface area (Å²) >= 11 is 6.43. The van der Waals surface area contributed by atoms with E-state index in [0.717, 1.165) is 4.90 Å². The molecule has 1 aromatic carbocycles. The van der Waals surface area contributed by atoms with Gasteiger partial charge in [0.2, 0.25) is 5.91 Å². The van der Waals surface area contributed by atoms with Gasteiger partial charge in [-0.15, -0.1) is 11.8 Å². The molecule has 0 radical (unpaired) electrons. The number of rotatable bonds is 7. The lowest BCUT2D eigenvalue weighted by Crippen LogP contribution is -2.50. The highest BCUT2D eigenvalue weighted by Gasteiger charge is 2.14. The van der Waals surface area contributed by atoms with Crippen LogP contribution in [-0.4, -0.2) is 61.4 Å². The fourth-order valence-corrected chi connectivity index (χ4v) is 3.06. The second-order valence-corrected chi connectivity index (χ2v) is 6.91. The van der Waals surface area contributed by atoms with Crippen molar-refractivity contribution in [3.05, 3.63) is 29.8 Å². The molecule has 0 heterocycles.